The SMILES string of the molecule is CC(O)(CNC(=O)NC(C)(C)C)CC(=O)O. The number of carbonyl (C=O) groups excluding carboxylic acids is 1. The number of carboxylic acids is 1. The standard InChI is InChI=1S/C10H20N2O4/c1-9(2,3)12-8(15)11-6-10(4,16)5-7(13)14/h16H,5-6H2,1-4H3,(H,13,14)(H2,11,12,15). The van der Waals surface area contributed by atoms with Gasteiger partial charge in [-0.25, -0.2) is 4.79 Å². The van der Waals surface area contributed by atoms with Crippen LogP contribution in [-0.4, -0.2) is 39.9 Å². The van der Waals surface area contributed by atoms with Crippen LogP contribution in [0, 0.1) is 0 Å². The fraction of sp³-hybridized carbons (Fsp3) is 0.800. The van der Waals surface area contributed by atoms with Crippen LogP contribution in [0.4, 0.5) is 4.79 Å². The molecule has 0 aromatic heterocycles. The average molecular weight is 232 g/mol. The van der Waals surface area contributed by atoms with Crippen molar-refractivity contribution in [3.63, 3.8) is 0 Å². The smallest absolute Gasteiger partial charge is 0.315 e. The Kier molecular flexibility index (Phi) is 4.74. The maximum Gasteiger partial charge on any atom is 0.315 e. The molecule has 0 spiro atoms. The Morgan fingerprint density at radius 1 is 1.19 bits per heavy atom. The van der Waals surface area contributed by atoms with Crippen molar-refractivity contribution in [3.8, 4) is 0 Å². The Morgan fingerprint density at radius 2 is 1.69 bits per heavy atom. The van der Waals surface area contributed by atoms with Gasteiger partial charge in [0.05, 0.1) is 12.0 Å². The summed E-state index contributed by atoms with van der Waals surface area (Å²) < 4.78 is 0. The number of hydrogen-bond acceptors (Lipinski definition) is 3. The second-order valence-electron chi connectivity index (χ2n) is 5.13. The summed E-state index contributed by atoms with van der Waals surface area (Å²) in [5.74, 6) is -1.11. The molecule has 94 valence electrons. The number of nitrogens with one attached hydrogen (secondary N) is 2. The van der Waals surface area contributed by atoms with Crippen LogP contribution in [0.2, 0.25) is 0 Å². The van der Waals surface area contributed by atoms with Crippen LogP contribution >= 0.6 is 0 Å². The van der Waals surface area contributed by atoms with Gasteiger partial charge < -0.3 is 20.8 Å². The van der Waals surface area contributed by atoms with E-state index in [0.717, 1.165) is 0 Å². The first kappa shape index (κ1) is 14.7. The van der Waals surface area contributed by atoms with E-state index in [9.17, 15) is 14.7 Å². The van der Waals surface area contributed by atoms with Crippen molar-refractivity contribution < 1.29 is 19.8 Å². The van der Waals surface area contributed by atoms with E-state index < -0.39 is 24.0 Å². The summed E-state index contributed by atoms with van der Waals surface area (Å²) in [5, 5.41) is 23.2. The summed E-state index contributed by atoms with van der Waals surface area (Å²) in [6.45, 7) is 6.71. The van der Waals surface area contributed by atoms with Crippen molar-refractivity contribution in [2.75, 3.05) is 6.54 Å². The molecule has 0 fully saturated rings. The van der Waals surface area contributed by atoms with Crippen LogP contribution < -0.4 is 10.6 Å². The minimum atomic E-state index is -1.44. The molecule has 6 heteroatoms. The van der Waals surface area contributed by atoms with Crippen molar-refractivity contribution in [1.29, 1.82) is 0 Å². The number of amides is 2. The topological polar surface area (TPSA) is 98.7 Å². The predicted octanol–water partition coefficient (Wildman–Crippen LogP) is 0.310. The van der Waals surface area contributed by atoms with Crippen molar-refractivity contribution in [2.24, 2.45) is 0 Å². The Hall–Kier alpha value is -1.30. The van der Waals surface area contributed by atoms with Gasteiger partial charge in [0.15, 0.2) is 0 Å². The van der Waals surface area contributed by atoms with Crippen molar-refractivity contribution in [3.05, 3.63) is 0 Å². The molecular formula is C10H20N2O4. The zero-order valence-electron chi connectivity index (χ0n) is 10.1. The third-order valence-electron chi connectivity index (χ3n) is 1.65. The van der Waals surface area contributed by atoms with Gasteiger partial charge in [0.1, 0.15) is 0 Å². The zero-order valence-corrected chi connectivity index (χ0v) is 10.1. The van der Waals surface area contributed by atoms with Gasteiger partial charge in [0.25, 0.3) is 0 Å². The lowest BCUT2D eigenvalue weighted by Gasteiger charge is -2.25. The molecule has 2 amide bonds. The molecule has 0 bridgehead atoms. The van der Waals surface area contributed by atoms with Crippen LogP contribution in [0.5, 0.6) is 0 Å². The summed E-state index contributed by atoms with van der Waals surface area (Å²) in [4.78, 5) is 21.7. The molecule has 0 aromatic rings. The number of aliphatic carboxylic acids is 1. The van der Waals surface area contributed by atoms with Crippen LogP contribution in [0.25, 0.3) is 0 Å². The highest BCUT2D eigenvalue weighted by Crippen LogP contribution is 2.07. The maximum atomic E-state index is 11.3. The third kappa shape index (κ3) is 8.05. The number of aliphatic hydroxyl groups is 1. The van der Waals surface area contributed by atoms with E-state index in [4.69, 9.17) is 5.11 Å². The van der Waals surface area contributed by atoms with Gasteiger partial charge in [-0.05, 0) is 27.7 Å². The minimum Gasteiger partial charge on any atom is -0.481 e. The number of carboxylic acid groups (broad SMARTS) is 1. The van der Waals surface area contributed by atoms with Gasteiger partial charge in [0.2, 0.25) is 0 Å². The highest BCUT2D eigenvalue weighted by atomic mass is 16.4. The average Bonchev–Trinajstić information content (AvgIpc) is 1.95. The van der Waals surface area contributed by atoms with Gasteiger partial charge in [0, 0.05) is 12.1 Å². The van der Waals surface area contributed by atoms with E-state index in [1.54, 1.807) is 0 Å². The molecule has 0 aliphatic carbocycles. The summed E-state index contributed by atoms with van der Waals surface area (Å²) in [6, 6.07) is -0.432. The molecule has 0 rings (SSSR count). The molecule has 4 N–H and O–H groups in total. The second kappa shape index (κ2) is 5.16. The van der Waals surface area contributed by atoms with E-state index in [0.29, 0.717) is 0 Å². The molecule has 16 heavy (non-hydrogen) atoms. The molecule has 0 saturated heterocycles. The Balaban J connectivity index is 4.05. The number of urea groups is 1. The largest absolute Gasteiger partial charge is 0.481 e. The highest BCUT2D eigenvalue weighted by molar-refractivity contribution is 5.75. The molecule has 0 aliphatic rings. The first-order chi connectivity index (χ1) is 7.02. The van der Waals surface area contributed by atoms with Crippen LogP contribution in [0.1, 0.15) is 34.1 Å². The second-order valence-corrected chi connectivity index (χ2v) is 5.13. The van der Waals surface area contributed by atoms with Crippen molar-refractivity contribution in [2.45, 2.75) is 45.3 Å². The molecule has 6 nitrogen and oxygen atoms in total. The predicted molar refractivity (Wildman–Crippen MR) is 59.2 cm³/mol. The number of hydrogen-bond donors (Lipinski definition) is 4. The van der Waals surface area contributed by atoms with E-state index in [-0.39, 0.29) is 12.1 Å². The summed E-state index contributed by atoms with van der Waals surface area (Å²) >= 11 is 0. The molecule has 0 radical (unpaired) electrons. The van der Waals surface area contributed by atoms with Gasteiger partial charge in [-0.15, -0.1) is 0 Å². The molecule has 0 heterocycles. The zero-order chi connectivity index (χ0) is 13.0. The van der Waals surface area contributed by atoms with E-state index >= 15 is 0 Å². The first-order valence-electron chi connectivity index (χ1n) is 5.02. The Morgan fingerprint density at radius 3 is 2.06 bits per heavy atom. The minimum absolute atomic E-state index is 0.110. The Labute approximate surface area is 95.0 Å². The van der Waals surface area contributed by atoms with Gasteiger partial charge in [-0.2, -0.15) is 0 Å². The summed E-state index contributed by atoms with van der Waals surface area (Å²) in [6.07, 6.45) is -0.414. The number of rotatable bonds is 4. The highest BCUT2D eigenvalue weighted by Gasteiger charge is 2.25. The number of carbonyl (C=O) groups is 2. The van der Waals surface area contributed by atoms with Crippen LogP contribution in [0.3, 0.4) is 0 Å². The van der Waals surface area contributed by atoms with Crippen LogP contribution in [0.15, 0.2) is 0 Å². The van der Waals surface area contributed by atoms with Gasteiger partial charge >= 0.3 is 12.0 Å². The van der Waals surface area contributed by atoms with Gasteiger partial charge in [-0.1, -0.05) is 0 Å². The fourth-order valence-electron chi connectivity index (χ4n) is 1.04. The van der Waals surface area contributed by atoms with E-state index in [1.807, 2.05) is 20.8 Å². The summed E-state index contributed by atoms with van der Waals surface area (Å²) in [5.41, 5.74) is -1.82. The lowest BCUT2D eigenvalue weighted by atomic mass is 10.0. The van der Waals surface area contributed by atoms with E-state index in [1.165, 1.54) is 6.92 Å². The molecule has 0 aromatic carbocycles. The molecule has 0 saturated carbocycles. The quantitative estimate of drug-likeness (QED) is 0.560. The van der Waals surface area contributed by atoms with E-state index in [2.05, 4.69) is 10.6 Å². The van der Waals surface area contributed by atoms with Gasteiger partial charge in [-0.3, -0.25) is 4.79 Å². The van der Waals surface area contributed by atoms with Crippen molar-refractivity contribution >= 4 is 12.0 Å². The maximum absolute atomic E-state index is 11.3. The lowest BCUT2D eigenvalue weighted by molar-refractivity contribution is -0.141. The molecular weight excluding hydrogens is 212 g/mol. The summed E-state index contributed by atoms with van der Waals surface area (Å²) in [7, 11) is 0. The molecule has 0 aliphatic heterocycles. The van der Waals surface area contributed by atoms with Crippen molar-refractivity contribution in [1.82, 2.24) is 10.6 Å². The van der Waals surface area contributed by atoms with Crippen LogP contribution in [-0.2, 0) is 4.79 Å². The molecule has 1 atom stereocenters. The monoisotopic (exact) mass is 232 g/mol. The third-order valence-corrected chi connectivity index (χ3v) is 1.65. The first-order valence-corrected chi connectivity index (χ1v) is 5.02. The molecule has 1 unspecified atom stereocenters. The fourth-order valence-corrected chi connectivity index (χ4v) is 1.04. The Bertz CT molecular complexity index is 268. The lowest BCUT2D eigenvalue weighted by Crippen LogP contribution is -2.50. The normalized spacial score (nSPS) is 15.1.